The first-order chi connectivity index (χ1) is 15.0. The number of rotatable bonds is 7. The zero-order valence-electron chi connectivity index (χ0n) is 17.2. The van der Waals surface area contributed by atoms with Crippen LogP contribution in [-0.2, 0) is 5.75 Å². The second-order valence-corrected chi connectivity index (χ2v) is 7.72. The third-order valence-electron chi connectivity index (χ3n) is 4.47. The molecule has 0 saturated heterocycles. The highest BCUT2D eigenvalue weighted by molar-refractivity contribution is 7.98. The molecule has 0 aliphatic rings. The highest BCUT2D eigenvalue weighted by Gasteiger charge is 2.15. The number of hydrogen-bond donors (Lipinski definition) is 1. The van der Waals surface area contributed by atoms with Gasteiger partial charge in [0, 0.05) is 16.6 Å². The first-order valence-electron chi connectivity index (χ1n) is 9.44. The summed E-state index contributed by atoms with van der Waals surface area (Å²) < 4.78 is 12.2. The Hall–Kier alpha value is -3.66. The van der Waals surface area contributed by atoms with E-state index in [1.54, 1.807) is 43.0 Å². The predicted molar refractivity (Wildman–Crippen MR) is 116 cm³/mol. The summed E-state index contributed by atoms with van der Waals surface area (Å²) in [7, 11) is 1.57. The minimum absolute atomic E-state index is 0.221. The smallest absolute Gasteiger partial charge is 0.256 e. The van der Waals surface area contributed by atoms with Gasteiger partial charge in [0.25, 0.3) is 5.91 Å². The number of nitrogens with zero attached hydrogens (tertiary/aromatic N) is 5. The van der Waals surface area contributed by atoms with Crippen LogP contribution in [0.1, 0.15) is 27.6 Å². The summed E-state index contributed by atoms with van der Waals surface area (Å²) in [6.07, 6.45) is 0. The van der Waals surface area contributed by atoms with Gasteiger partial charge in [0.1, 0.15) is 17.2 Å². The molecule has 0 atom stereocenters. The van der Waals surface area contributed by atoms with E-state index in [2.05, 4.69) is 26.0 Å². The van der Waals surface area contributed by atoms with E-state index in [1.165, 1.54) is 11.8 Å². The second kappa shape index (κ2) is 9.00. The lowest BCUT2D eigenvalue weighted by molar-refractivity contribution is 0.102. The molecule has 2 heterocycles. The third kappa shape index (κ3) is 4.58. The Morgan fingerprint density at radius 3 is 2.74 bits per heavy atom. The van der Waals surface area contributed by atoms with Gasteiger partial charge in [-0.3, -0.25) is 4.79 Å². The first-order valence-corrected chi connectivity index (χ1v) is 10.4. The van der Waals surface area contributed by atoms with Crippen LogP contribution in [-0.4, -0.2) is 38.4 Å². The molecule has 31 heavy (non-hydrogen) atoms. The van der Waals surface area contributed by atoms with Crippen molar-refractivity contribution in [2.24, 2.45) is 0 Å². The largest absolute Gasteiger partial charge is 0.494 e. The predicted octanol–water partition coefficient (Wildman–Crippen LogP) is 3.82. The average molecular weight is 436 g/mol. The second-order valence-electron chi connectivity index (χ2n) is 6.70. The molecule has 0 fully saturated rings. The van der Waals surface area contributed by atoms with Crippen LogP contribution in [0.5, 0.6) is 5.75 Å². The van der Waals surface area contributed by atoms with Crippen molar-refractivity contribution in [3.63, 3.8) is 0 Å². The van der Waals surface area contributed by atoms with Crippen LogP contribution in [0.3, 0.4) is 0 Å². The summed E-state index contributed by atoms with van der Waals surface area (Å²) in [6.45, 7) is 3.66. The Labute approximate surface area is 182 Å². The molecule has 2 aromatic heterocycles. The molecule has 4 rings (SSSR count). The van der Waals surface area contributed by atoms with E-state index < -0.39 is 0 Å². The lowest BCUT2D eigenvalue weighted by atomic mass is 10.2. The van der Waals surface area contributed by atoms with Crippen molar-refractivity contribution >= 4 is 23.4 Å². The lowest BCUT2D eigenvalue weighted by Crippen LogP contribution is -2.13. The standard InChI is InChI=1S/C21H20N6O3S/c1-13-10-16(30-24-13)12-31-20-7-5-4-6-17(20)21(28)22-15-8-9-19(29-3)18(11-15)27-14(2)23-25-26-27/h4-11H,12H2,1-3H3,(H,22,28). The van der Waals surface area contributed by atoms with E-state index in [0.717, 1.165) is 16.3 Å². The number of carbonyl (C=O) groups excluding carboxylic acids is 1. The molecule has 0 spiro atoms. The highest BCUT2D eigenvalue weighted by atomic mass is 32.2. The number of benzene rings is 2. The summed E-state index contributed by atoms with van der Waals surface area (Å²) in [4.78, 5) is 13.9. The van der Waals surface area contributed by atoms with Gasteiger partial charge in [0.15, 0.2) is 5.82 Å². The fourth-order valence-corrected chi connectivity index (χ4v) is 3.92. The van der Waals surface area contributed by atoms with Gasteiger partial charge >= 0.3 is 0 Å². The van der Waals surface area contributed by atoms with E-state index in [4.69, 9.17) is 9.26 Å². The molecule has 0 bridgehead atoms. The highest BCUT2D eigenvalue weighted by Crippen LogP contribution is 2.29. The van der Waals surface area contributed by atoms with Crippen LogP contribution in [0.2, 0.25) is 0 Å². The number of thioether (sulfide) groups is 1. The van der Waals surface area contributed by atoms with Gasteiger partial charge in [-0.1, -0.05) is 17.3 Å². The van der Waals surface area contributed by atoms with Crippen LogP contribution in [0.4, 0.5) is 5.69 Å². The van der Waals surface area contributed by atoms with E-state index in [1.807, 2.05) is 31.2 Å². The number of anilines is 1. The molecule has 0 aliphatic carbocycles. The molecule has 0 unspecified atom stereocenters. The number of tetrazole rings is 1. The zero-order valence-corrected chi connectivity index (χ0v) is 18.0. The molecular formula is C21H20N6O3S. The van der Waals surface area contributed by atoms with Crippen molar-refractivity contribution in [2.75, 3.05) is 12.4 Å². The van der Waals surface area contributed by atoms with Crippen molar-refractivity contribution < 1.29 is 14.1 Å². The molecule has 1 amide bonds. The van der Waals surface area contributed by atoms with E-state index in [-0.39, 0.29) is 5.91 Å². The minimum Gasteiger partial charge on any atom is -0.494 e. The fourth-order valence-electron chi connectivity index (χ4n) is 3.00. The molecule has 2 aromatic carbocycles. The fraction of sp³-hybridized carbons (Fsp3) is 0.190. The summed E-state index contributed by atoms with van der Waals surface area (Å²) in [6, 6.07) is 14.6. The number of carbonyl (C=O) groups is 1. The van der Waals surface area contributed by atoms with Gasteiger partial charge in [-0.15, -0.1) is 16.9 Å². The van der Waals surface area contributed by atoms with Crippen LogP contribution in [0.25, 0.3) is 5.69 Å². The molecule has 4 aromatic rings. The van der Waals surface area contributed by atoms with Gasteiger partial charge in [0.2, 0.25) is 0 Å². The maximum atomic E-state index is 13.0. The van der Waals surface area contributed by atoms with Crippen molar-refractivity contribution in [2.45, 2.75) is 24.5 Å². The number of nitrogens with one attached hydrogen (secondary N) is 1. The summed E-state index contributed by atoms with van der Waals surface area (Å²) in [5, 5.41) is 18.4. The first kappa shape index (κ1) is 20.6. The van der Waals surface area contributed by atoms with Gasteiger partial charge in [-0.2, -0.15) is 4.68 Å². The van der Waals surface area contributed by atoms with Crippen LogP contribution >= 0.6 is 11.8 Å². The summed E-state index contributed by atoms with van der Waals surface area (Å²) >= 11 is 1.52. The van der Waals surface area contributed by atoms with Crippen molar-refractivity contribution in [1.29, 1.82) is 0 Å². The van der Waals surface area contributed by atoms with Gasteiger partial charge in [-0.05, 0) is 54.6 Å². The number of aromatic nitrogens is 5. The van der Waals surface area contributed by atoms with Gasteiger partial charge in [0.05, 0.1) is 24.1 Å². The molecule has 9 nitrogen and oxygen atoms in total. The molecule has 0 radical (unpaired) electrons. The van der Waals surface area contributed by atoms with Gasteiger partial charge in [-0.25, -0.2) is 0 Å². The Morgan fingerprint density at radius 1 is 1.19 bits per heavy atom. The maximum Gasteiger partial charge on any atom is 0.256 e. The molecule has 0 saturated carbocycles. The minimum atomic E-state index is -0.221. The number of methoxy groups -OCH3 is 1. The quantitative estimate of drug-likeness (QED) is 0.436. The Kier molecular flexibility index (Phi) is 5.99. The number of ether oxygens (including phenoxy) is 1. The SMILES string of the molecule is COc1ccc(NC(=O)c2ccccc2SCc2cc(C)no2)cc1-n1nnnc1C. The van der Waals surface area contributed by atoms with Gasteiger partial charge < -0.3 is 14.6 Å². The molecule has 0 aliphatic heterocycles. The van der Waals surface area contributed by atoms with E-state index in [0.29, 0.717) is 34.3 Å². The molecular weight excluding hydrogens is 416 g/mol. The monoisotopic (exact) mass is 436 g/mol. The topological polar surface area (TPSA) is 108 Å². The molecule has 1 N–H and O–H groups in total. The van der Waals surface area contributed by atoms with E-state index >= 15 is 0 Å². The number of amides is 1. The Bertz CT molecular complexity index is 1220. The maximum absolute atomic E-state index is 13.0. The van der Waals surface area contributed by atoms with Crippen LogP contribution in [0.15, 0.2) is 57.9 Å². The summed E-state index contributed by atoms with van der Waals surface area (Å²) in [5.74, 6) is 2.31. The zero-order chi connectivity index (χ0) is 21.8. The Balaban J connectivity index is 1.55. The van der Waals surface area contributed by atoms with Crippen LogP contribution in [0, 0.1) is 13.8 Å². The number of aryl methyl sites for hydroxylation is 2. The lowest BCUT2D eigenvalue weighted by Gasteiger charge is -2.13. The van der Waals surface area contributed by atoms with Crippen molar-refractivity contribution in [1.82, 2.24) is 25.4 Å². The van der Waals surface area contributed by atoms with Crippen LogP contribution < -0.4 is 10.1 Å². The third-order valence-corrected chi connectivity index (χ3v) is 5.56. The van der Waals surface area contributed by atoms with E-state index in [9.17, 15) is 4.79 Å². The number of hydrogen-bond acceptors (Lipinski definition) is 8. The Morgan fingerprint density at radius 2 is 2.03 bits per heavy atom. The average Bonchev–Trinajstić information content (AvgIpc) is 3.40. The molecule has 10 heteroatoms. The summed E-state index contributed by atoms with van der Waals surface area (Å²) in [5.41, 5.74) is 2.63. The van der Waals surface area contributed by atoms with Crippen molar-refractivity contribution in [3.05, 3.63) is 71.4 Å². The normalized spacial score (nSPS) is 10.8. The molecule has 158 valence electrons. The van der Waals surface area contributed by atoms with Crippen molar-refractivity contribution in [3.8, 4) is 11.4 Å².